The first-order chi connectivity index (χ1) is 15.7. The molecule has 2 N–H and O–H groups in total. The van der Waals surface area contributed by atoms with E-state index in [4.69, 9.17) is 0 Å². The molecule has 6 nitrogen and oxygen atoms in total. The van der Waals surface area contributed by atoms with E-state index < -0.39 is 24.2 Å². The van der Waals surface area contributed by atoms with Gasteiger partial charge in [-0.05, 0) is 53.6 Å². The van der Waals surface area contributed by atoms with E-state index in [-0.39, 0.29) is 23.5 Å². The molecule has 4 atom stereocenters. The number of nitrogens with zero attached hydrogens (tertiary/aromatic N) is 1. The number of nitrogens with one attached hydrogen (secondary N) is 1. The molecule has 170 valence electrons. The van der Waals surface area contributed by atoms with E-state index in [0.717, 1.165) is 10.3 Å². The van der Waals surface area contributed by atoms with E-state index >= 15 is 0 Å². The molecule has 33 heavy (non-hydrogen) atoms. The number of aromatic nitrogens is 1. The van der Waals surface area contributed by atoms with Crippen LogP contribution in [0.5, 0.6) is 5.75 Å². The first-order valence-electron chi connectivity index (χ1n) is 10.2. The fraction of sp³-hybridized carbons (Fsp3) is 0.261. The first kappa shape index (κ1) is 21.4. The van der Waals surface area contributed by atoms with Gasteiger partial charge in [0.2, 0.25) is 5.91 Å². The van der Waals surface area contributed by atoms with Crippen LogP contribution >= 0.6 is 11.3 Å². The maximum Gasteiger partial charge on any atom is 0.573 e. The van der Waals surface area contributed by atoms with Crippen LogP contribution in [0.15, 0.2) is 54.6 Å². The van der Waals surface area contributed by atoms with Crippen LogP contribution in [0.3, 0.4) is 0 Å². The molecule has 1 amide bonds. The summed E-state index contributed by atoms with van der Waals surface area (Å²) in [4.78, 5) is 29.0. The summed E-state index contributed by atoms with van der Waals surface area (Å²) in [6, 6.07) is 10.9. The van der Waals surface area contributed by atoms with Crippen LogP contribution in [0.25, 0.3) is 21.3 Å². The number of fused-ring (bicyclic) bond motifs is 3. The predicted molar refractivity (Wildman–Crippen MR) is 116 cm³/mol. The van der Waals surface area contributed by atoms with Gasteiger partial charge >= 0.3 is 12.3 Å². The van der Waals surface area contributed by atoms with Crippen LogP contribution in [-0.4, -0.2) is 28.3 Å². The smallest absolute Gasteiger partial charge is 0.481 e. The average Bonchev–Trinajstić information content (AvgIpc) is 3.46. The van der Waals surface area contributed by atoms with Crippen molar-refractivity contribution in [3.8, 4) is 16.9 Å². The minimum atomic E-state index is -4.75. The third-order valence-electron chi connectivity index (χ3n) is 6.09. The SMILES string of the molecule is O=C(O)C1C2C=CC(C2)C1C(=O)Nc1nc2ccc(-c3ccc(OC(F)(F)F)cc3)cc2s1. The molecule has 1 aromatic heterocycles. The van der Waals surface area contributed by atoms with Crippen molar-refractivity contribution in [1.29, 1.82) is 0 Å². The van der Waals surface area contributed by atoms with E-state index in [1.807, 2.05) is 18.2 Å². The molecule has 2 aromatic carbocycles. The number of carbonyl (C=O) groups is 2. The van der Waals surface area contributed by atoms with Gasteiger partial charge in [-0.2, -0.15) is 0 Å². The number of thiazole rings is 1. The normalized spacial score (nSPS) is 23.7. The van der Waals surface area contributed by atoms with Crippen molar-refractivity contribution in [2.24, 2.45) is 23.7 Å². The van der Waals surface area contributed by atoms with Crippen molar-refractivity contribution in [3.63, 3.8) is 0 Å². The molecule has 5 rings (SSSR count). The quantitative estimate of drug-likeness (QED) is 0.489. The van der Waals surface area contributed by atoms with Gasteiger partial charge in [-0.15, -0.1) is 13.2 Å². The summed E-state index contributed by atoms with van der Waals surface area (Å²) in [5.74, 6) is -3.17. The molecule has 0 saturated heterocycles. The second-order valence-corrected chi connectivity index (χ2v) is 9.13. The highest BCUT2D eigenvalue weighted by molar-refractivity contribution is 7.22. The number of ether oxygens (including phenoxy) is 1. The van der Waals surface area contributed by atoms with E-state index in [0.29, 0.717) is 22.6 Å². The predicted octanol–water partition coefficient (Wildman–Crippen LogP) is 5.32. The molecule has 4 unspecified atom stereocenters. The van der Waals surface area contributed by atoms with Gasteiger partial charge in [-0.1, -0.05) is 41.7 Å². The topological polar surface area (TPSA) is 88.5 Å². The molecule has 2 aliphatic rings. The van der Waals surface area contributed by atoms with Crippen molar-refractivity contribution in [3.05, 3.63) is 54.6 Å². The zero-order valence-electron chi connectivity index (χ0n) is 16.9. The van der Waals surface area contributed by atoms with Gasteiger partial charge in [-0.25, -0.2) is 4.98 Å². The number of amides is 1. The van der Waals surface area contributed by atoms with Crippen molar-refractivity contribution < 1.29 is 32.6 Å². The number of hydrogen-bond acceptors (Lipinski definition) is 5. The van der Waals surface area contributed by atoms with E-state index in [2.05, 4.69) is 15.0 Å². The number of allylic oxidation sites excluding steroid dienone is 2. The van der Waals surface area contributed by atoms with Crippen molar-refractivity contribution in [2.45, 2.75) is 12.8 Å². The summed E-state index contributed by atoms with van der Waals surface area (Å²) in [5.41, 5.74) is 2.12. The van der Waals surface area contributed by atoms with Gasteiger partial charge in [-0.3, -0.25) is 9.59 Å². The van der Waals surface area contributed by atoms with E-state index in [1.54, 1.807) is 12.1 Å². The molecule has 3 aromatic rings. The summed E-state index contributed by atoms with van der Waals surface area (Å²) < 4.78 is 41.7. The molecular weight excluding hydrogens is 457 g/mol. The fourth-order valence-corrected chi connectivity index (χ4v) is 5.62. The zero-order valence-corrected chi connectivity index (χ0v) is 17.7. The summed E-state index contributed by atoms with van der Waals surface area (Å²) >= 11 is 1.25. The Bertz CT molecular complexity index is 1270. The first-order valence-corrected chi connectivity index (χ1v) is 11.0. The number of rotatable bonds is 5. The van der Waals surface area contributed by atoms with Crippen LogP contribution in [0.4, 0.5) is 18.3 Å². The lowest BCUT2D eigenvalue weighted by Gasteiger charge is -2.23. The second kappa shape index (κ2) is 7.87. The van der Waals surface area contributed by atoms with Crippen molar-refractivity contribution >= 4 is 38.6 Å². The lowest BCUT2D eigenvalue weighted by atomic mass is 9.82. The van der Waals surface area contributed by atoms with Gasteiger partial charge in [0.05, 0.1) is 22.1 Å². The van der Waals surface area contributed by atoms with Gasteiger partial charge < -0.3 is 15.2 Å². The Kier molecular flexibility index (Phi) is 5.12. The Labute approximate surface area is 189 Å². The number of carboxylic acids is 1. The Hall–Kier alpha value is -3.40. The third kappa shape index (κ3) is 4.18. The standard InChI is InChI=1S/C23H17F3N2O4S/c24-23(25,26)32-15-6-3-11(4-7-15)12-5-8-16-17(10-12)33-22(27-16)28-20(29)18-13-1-2-14(9-13)19(18)21(30)31/h1-8,10,13-14,18-19H,9H2,(H,30,31)(H,27,28,29). The fourth-order valence-electron chi connectivity index (χ4n) is 4.71. The van der Waals surface area contributed by atoms with Crippen molar-refractivity contribution in [1.82, 2.24) is 4.98 Å². The number of halogens is 3. The summed E-state index contributed by atoms with van der Waals surface area (Å²) in [5, 5.41) is 12.7. The Morgan fingerprint density at radius 1 is 1.03 bits per heavy atom. The second-order valence-electron chi connectivity index (χ2n) is 8.10. The number of carbonyl (C=O) groups excluding carboxylic acids is 1. The number of hydrogen-bond donors (Lipinski definition) is 2. The maximum atomic E-state index is 12.9. The molecule has 10 heteroatoms. The lowest BCUT2D eigenvalue weighted by molar-refractivity contribution is -0.274. The average molecular weight is 474 g/mol. The molecule has 2 bridgehead atoms. The van der Waals surface area contributed by atoms with E-state index in [9.17, 15) is 27.9 Å². The Balaban J connectivity index is 1.34. The van der Waals surface area contributed by atoms with Crippen LogP contribution in [0.1, 0.15) is 6.42 Å². The molecule has 0 radical (unpaired) electrons. The summed E-state index contributed by atoms with van der Waals surface area (Å²) in [7, 11) is 0. The Morgan fingerprint density at radius 3 is 2.36 bits per heavy atom. The number of carboxylic acid groups (broad SMARTS) is 1. The minimum Gasteiger partial charge on any atom is -0.481 e. The molecular formula is C23H17F3N2O4S. The molecule has 1 saturated carbocycles. The van der Waals surface area contributed by atoms with Crippen LogP contribution in [0.2, 0.25) is 0 Å². The van der Waals surface area contributed by atoms with Gasteiger partial charge in [0.1, 0.15) is 5.75 Å². The number of benzene rings is 2. The molecule has 0 aliphatic heterocycles. The monoisotopic (exact) mass is 474 g/mol. The highest BCUT2D eigenvalue weighted by atomic mass is 32.1. The molecule has 1 heterocycles. The van der Waals surface area contributed by atoms with Gasteiger partial charge in [0, 0.05) is 0 Å². The van der Waals surface area contributed by atoms with Gasteiger partial charge in [0.25, 0.3) is 0 Å². The zero-order chi connectivity index (χ0) is 23.3. The minimum absolute atomic E-state index is 0.0821. The molecule has 1 fully saturated rings. The summed E-state index contributed by atoms with van der Waals surface area (Å²) in [6.45, 7) is 0. The molecule has 2 aliphatic carbocycles. The maximum absolute atomic E-state index is 12.9. The van der Waals surface area contributed by atoms with Crippen LogP contribution in [0, 0.1) is 23.7 Å². The van der Waals surface area contributed by atoms with Gasteiger partial charge in [0.15, 0.2) is 5.13 Å². The Morgan fingerprint density at radius 2 is 1.70 bits per heavy atom. The lowest BCUT2D eigenvalue weighted by Crippen LogP contribution is -2.36. The van der Waals surface area contributed by atoms with Crippen LogP contribution in [-0.2, 0) is 9.59 Å². The summed E-state index contributed by atoms with van der Waals surface area (Å²) in [6.07, 6.45) is -0.272. The molecule has 0 spiro atoms. The number of alkyl halides is 3. The van der Waals surface area contributed by atoms with Crippen LogP contribution < -0.4 is 10.1 Å². The largest absolute Gasteiger partial charge is 0.573 e. The highest BCUT2D eigenvalue weighted by Gasteiger charge is 2.51. The highest BCUT2D eigenvalue weighted by Crippen LogP contribution is 2.48. The number of aliphatic carboxylic acids is 1. The van der Waals surface area contributed by atoms with E-state index in [1.165, 1.54) is 35.6 Å². The third-order valence-corrected chi connectivity index (χ3v) is 7.02. The number of anilines is 1. The van der Waals surface area contributed by atoms with Crippen molar-refractivity contribution in [2.75, 3.05) is 5.32 Å².